The molecule has 0 bridgehead atoms. The summed E-state index contributed by atoms with van der Waals surface area (Å²) in [7, 11) is 0. The van der Waals surface area contributed by atoms with Crippen LogP contribution in [0.15, 0.2) is 18.3 Å². The number of aromatic nitrogens is 1. The number of carbonyl (C=O) groups is 1. The molecular weight excluding hydrogens is 249 g/mol. The Balaban J connectivity index is 1.85. The molecule has 1 N–H and O–H groups in total. The van der Waals surface area contributed by atoms with Gasteiger partial charge >= 0.3 is 0 Å². The van der Waals surface area contributed by atoms with E-state index >= 15 is 0 Å². The lowest BCUT2D eigenvalue weighted by atomic mass is 9.90. The lowest BCUT2D eigenvalue weighted by Gasteiger charge is -2.44. The van der Waals surface area contributed by atoms with Crippen LogP contribution in [0, 0.1) is 5.95 Å². The minimum Gasteiger partial charge on any atom is -0.363 e. The maximum atomic E-state index is 13.2. The predicted molar refractivity (Wildman–Crippen MR) is 67.3 cm³/mol. The molecule has 5 nitrogen and oxygen atoms in total. The molecule has 0 unspecified atom stereocenters. The van der Waals surface area contributed by atoms with E-state index < -0.39 is 5.95 Å². The third-order valence-electron chi connectivity index (χ3n) is 3.79. The largest absolute Gasteiger partial charge is 0.363 e. The number of piperidine rings is 1. The van der Waals surface area contributed by atoms with Gasteiger partial charge in [0, 0.05) is 18.0 Å². The van der Waals surface area contributed by atoms with Gasteiger partial charge in [-0.3, -0.25) is 4.79 Å². The number of amides is 1. The number of nitrogens with one attached hydrogen (secondary N) is 1. The molecule has 0 radical (unpaired) electrons. The van der Waals surface area contributed by atoms with Gasteiger partial charge < -0.3 is 15.0 Å². The summed E-state index contributed by atoms with van der Waals surface area (Å²) in [6.45, 7) is 2.31. The van der Waals surface area contributed by atoms with E-state index in [9.17, 15) is 9.18 Å². The molecule has 1 aromatic heterocycles. The van der Waals surface area contributed by atoms with Crippen LogP contribution in [-0.2, 0) is 9.53 Å². The molecule has 1 amide bonds. The second kappa shape index (κ2) is 4.86. The number of ether oxygens (including phenoxy) is 1. The maximum absolute atomic E-state index is 13.2. The summed E-state index contributed by atoms with van der Waals surface area (Å²) in [6, 6.07) is 2.94. The Morgan fingerprint density at radius 3 is 2.95 bits per heavy atom. The summed E-state index contributed by atoms with van der Waals surface area (Å²) in [5.41, 5.74) is 0.262. The van der Waals surface area contributed by atoms with Gasteiger partial charge in [0.25, 0.3) is 5.91 Å². The first kappa shape index (κ1) is 12.5. The van der Waals surface area contributed by atoms with Crippen LogP contribution in [0.3, 0.4) is 0 Å². The fourth-order valence-corrected chi connectivity index (χ4v) is 2.69. The van der Waals surface area contributed by atoms with Crippen LogP contribution in [0.4, 0.5) is 10.1 Å². The smallest absolute Gasteiger partial charge is 0.253 e. The molecule has 0 saturated carbocycles. The lowest BCUT2D eigenvalue weighted by Crippen LogP contribution is -2.58. The number of nitrogens with zero attached hydrogens (tertiary/aromatic N) is 2. The number of morpholine rings is 1. The first-order valence-electron chi connectivity index (χ1n) is 6.45. The molecule has 1 aromatic rings. The molecule has 6 heteroatoms. The molecule has 2 aliphatic rings. The van der Waals surface area contributed by atoms with E-state index in [1.807, 2.05) is 0 Å². The summed E-state index contributed by atoms with van der Waals surface area (Å²) in [6.07, 6.45) is 3.11. The van der Waals surface area contributed by atoms with Crippen molar-refractivity contribution in [3.05, 3.63) is 24.3 Å². The fourth-order valence-electron chi connectivity index (χ4n) is 2.69. The van der Waals surface area contributed by atoms with Crippen LogP contribution in [0.5, 0.6) is 0 Å². The van der Waals surface area contributed by atoms with Gasteiger partial charge in [-0.1, -0.05) is 0 Å². The van der Waals surface area contributed by atoms with Crippen molar-refractivity contribution in [1.29, 1.82) is 0 Å². The predicted octanol–water partition coefficient (Wildman–Crippen LogP) is 0.706. The van der Waals surface area contributed by atoms with Crippen molar-refractivity contribution in [1.82, 2.24) is 10.3 Å². The molecule has 19 heavy (non-hydrogen) atoms. The van der Waals surface area contributed by atoms with Gasteiger partial charge in [-0.25, -0.2) is 4.98 Å². The maximum Gasteiger partial charge on any atom is 0.253 e. The number of hydrogen-bond donors (Lipinski definition) is 1. The second-order valence-electron chi connectivity index (χ2n) is 5.04. The quantitative estimate of drug-likeness (QED) is 0.760. The van der Waals surface area contributed by atoms with E-state index in [0.29, 0.717) is 12.2 Å². The normalized spacial score (nSPS) is 22.8. The Morgan fingerprint density at radius 2 is 2.21 bits per heavy atom. The molecule has 3 rings (SSSR count). The highest BCUT2D eigenvalue weighted by atomic mass is 19.1. The standard InChI is InChI=1S/C13H16FN3O2/c14-11-7-10(1-4-16-11)17-9-13(19-8-12(17)18)2-5-15-6-3-13/h1,4,7,15H,2-3,5-6,8-9H2. The highest BCUT2D eigenvalue weighted by Gasteiger charge is 2.41. The van der Waals surface area contributed by atoms with E-state index in [1.54, 1.807) is 11.0 Å². The van der Waals surface area contributed by atoms with E-state index in [-0.39, 0.29) is 18.1 Å². The second-order valence-corrected chi connectivity index (χ2v) is 5.04. The van der Waals surface area contributed by atoms with E-state index in [2.05, 4.69) is 10.3 Å². The Bertz CT molecular complexity index is 489. The van der Waals surface area contributed by atoms with Crippen LogP contribution in [-0.4, -0.2) is 42.7 Å². The first-order valence-corrected chi connectivity index (χ1v) is 6.45. The van der Waals surface area contributed by atoms with E-state index in [4.69, 9.17) is 4.74 Å². The number of anilines is 1. The van der Waals surface area contributed by atoms with Crippen LogP contribution < -0.4 is 10.2 Å². The van der Waals surface area contributed by atoms with Crippen LogP contribution in [0.1, 0.15) is 12.8 Å². The minimum atomic E-state index is -0.573. The number of halogens is 1. The van der Waals surface area contributed by atoms with Gasteiger partial charge in [-0.15, -0.1) is 0 Å². The van der Waals surface area contributed by atoms with Crippen LogP contribution >= 0.6 is 0 Å². The number of pyridine rings is 1. The van der Waals surface area contributed by atoms with Crippen molar-refractivity contribution in [3.8, 4) is 0 Å². The Morgan fingerprint density at radius 1 is 1.42 bits per heavy atom. The van der Waals surface area contributed by atoms with Crippen molar-refractivity contribution in [3.63, 3.8) is 0 Å². The summed E-state index contributed by atoms with van der Waals surface area (Å²) in [4.78, 5) is 17.1. The SMILES string of the molecule is O=C1COC2(CCNCC2)CN1c1ccnc(F)c1. The molecular formula is C13H16FN3O2. The van der Waals surface area contributed by atoms with E-state index in [0.717, 1.165) is 25.9 Å². The average Bonchev–Trinajstić information content (AvgIpc) is 2.43. The Labute approximate surface area is 110 Å². The molecule has 102 valence electrons. The van der Waals surface area contributed by atoms with Crippen molar-refractivity contribution >= 4 is 11.6 Å². The minimum absolute atomic E-state index is 0.0595. The first-order chi connectivity index (χ1) is 9.19. The number of carbonyl (C=O) groups excluding carboxylic acids is 1. The van der Waals surface area contributed by atoms with Gasteiger partial charge in [0.1, 0.15) is 6.61 Å². The third kappa shape index (κ3) is 2.46. The summed E-state index contributed by atoms with van der Waals surface area (Å²) in [5.74, 6) is -0.703. The Hall–Kier alpha value is -1.53. The Kier molecular flexibility index (Phi) is 3.20. The van der Waals surface area contributed by atoms with Gasteiger partial charge in [0.05, 0.1) is 12.1 Å². The van der Waals surface area contributed by atoms with Gasteiger partial charge in [-0.2, -0.15) is 4.39 Å². The van der Waals surface area contributed by atoms with Crippen molar-refractivity contribution < 1.29 is 13.9 Å². The van der Waals surface area contributed by atoms with E-state index in [1.165, 1.54) is 12.3 Å². The zero-order valence-electron chi connectivity index (χ0n) is 10.6. The molecule has 0 atom stereocenters. The fraction of sp³-hybridized carbons (Fsp3) is 0.538. The van der Waals surface area contributed by atoms with Crippen LogP contribution in [0.2, 0.25) is 0 Å². The van der Waals surface area contributed by atoms with Gasteiger partial charge in [0.2, 0.25) is 5.95 Å². The third-order valence-corrected chi connectivity index (χ3v) is 3.79. The van der Waals surface area contributed by atoms with Gasteiger partial charge in [-0.05, 0) is 32.0 Å². The summed E-state index contributed by atoms with van der Waals surface area (Å²) >= 11 is 0. The highest BCUT2D eigenvalue weighted by Crippen LogP contribution is 2.30. The molecule has 1 spiro atoms. The molecule has 3 heterocycles. The topological polar surface area (TPSA) is 54.5 Å². The van der Waals surface area contributed by atoms with Crippen molar-refractivity contribution in [2.45, 2.75) is 18.4 Å². The molecule has 0 aliphatic carbocycles. The summed E-state index contributed by atoms with van der Waals surface area (Å²) in [5, 5.41) is 3.28. The van der Waals surface area contributed by atoms with Crippen molar-refractivity contribution in [2.24, 2.45) is 0 Å². The highest BCUT2D eigenvalue weighted by molar-refractivity contribution is 5.95. The average molecular weight is 265 g/mol. The molecule has 2 aliphatic heterocycles. The number of hydrogen-bond acceptors (Lipinski definition) is 4. The lowest BCUT2D eigenvalue weighted by molar-refractivity contribution is -0.141. The number of rotatable bonds is 1. The molecule has 2 saturated heterocycles. The monoisotopic (exact) mass is 265 g/mol. The molecule has 2 fully saturated rings. The van der Waals surface area contributed by atoms with Gasteiger partial charge in [0.15, 0.2) is 0 Å². The molecule has 0 aromatic carbocycles. The summed E-state index contributed by atoms with van der Waals surface area (Å²) < 4.78 is 19.0. The zero-order chi connectivity index (χ0) is 13.3. The zero-order valence-corrected chi connectivity index (χ0v) is 10.6. The van der Waals surface area contributed by atoms with Crippen molar-refractivity contribution in [2.75, 3.05) is 31.1 Å². The van der Waals surface area contributed by atoms with Crippen LogP contribution in [0.25, 0.3) is 0 Å².